The number of aromatic nitrogens is 2. The van der Waals surface area contributed by atoms with Crippen molar-refractivity contribution in [1.29, 1.82) is 0 Å². The van der Waals surface area contributed by atoms with Gasteiger partial charge in [-0.25, -0.2) is 4.79 Å². The minimum absolute atomic E-state index is 0.336. The molecule has 0 amide bonds. The first-order valence-electron chi connectivity index (χ1n) is 5.69. The van der Waals surface area contributed by atoms with E-state index in [9.17, 15) is 4.79 Å². The van der Waals surface area contributed by atoms with E-state index in [1.165, 1.54) is 0 Å². The van der Waals surface area contributed by atoms with E-state index in [2.05, 4.69) is 5.10 Å². The predicted octanol–water partition coefficient (Wildman–Crippen LogP) is 2.50. The van der Waals surface area contributed by atoms with Crippen LogP contribution in [0.4, 0.5) is 0 Å². The van der Waals surface area contributed by atoms with Gasteiger partial charge in [0.05, 0.1) is 5.69 Å². The van der Waals surface area contributed by atoms with Gasteiger partial charge in [0.2, 0.25) is 0 Å². The van der Waals surface area contributed by atoms with Crippen LogP contribution in [0, 0.1) is 6.92 Å². The first kappa shape index (κ1) is 10.8. The highest BCUT2D eigenvalue weighted by atomic mass is 16.4. The van der Waals surface area contributed by atoms with Crippen molar-refractivity contribution in [2.24, 2.45) is 7.05 Å². The summed E-state index contributed by atoms with van der Waals surface area (Å²) < 4.78 is 7.05. The van der Waals surface area contributed by atoms with Gasteiger partial charge in [-0.15, -0.1) is 0 Å². The van der Waals surface area contributed by atoms with Gasteiger partial charge in [-0.3, -0.25) is 4.68 Å². The molecule has 0 aliphatic rings. The highest BCUT2D eigenvalue weighted by Crippen LogP contribution is 2.22. The number of hydrogen-bond acceptors (Lipinski definition) is 3. The van der Waals surface area contributed by atoms with Gasteiger partial charge in [0.1, 0.15) is 16.7 Å². The molecule has 0 N–H and O–H groups in total. The average Bonchev–Trinajstić information content (AvgIpc) is 2.66. The largest absolute Gasteiger partial charge is 0.422 e. The van der Waals surface area contributed by atoms with E-state index in [4.69, 9.17) is 4.42 Å². The molecule has 18 heavy (non-hydrogen) atoms. The normalized spacial score (nSPS) is 11.0. The summed E-state index contributed by atoms with van der Waals surface area (Å²) in [4.78, 5) is 12.0. The number of nitrogens with zero attached hydrogens (tertiary/aromatic N) is 2. The standard InChI is InChI=1S/C14H12N2O2/c1-9-13-11(15-16(9)2)8-12(18-14(13)17)10-6-4-3-5-7-10/h3-8H,1-2H3. The predicted molar refractivity (Wildman–Crippen MR) is 69.4 cm³/mol. The lowest BCUT2D eigenvalue weighted by Gasteiger charge is -1.99. The summed E-state index contributed by atoms with van der Waals surface area (Å²) in [5.74, 6) is 0.547. The second-order valence-electron chi connectivity index (χ2n) is 4.23. The zero-order valence-electron chi connectivity index (χ0n) is 10.2. The van der Waals surface area contributed by atoms with Crippen LogP contribution < -0.4 is 5.63 Å². The Hall–Kier alpha value is -2.36. The average molecular weight is 240 g/mol. The summed E-state index contributed by atoms with van der Waals surface area (Å²) in [7, 11) is 1.82. The fourth-order valence-electron chi connectivity index (χ4n) is 2.04. The third kappa shape index (κ3) is 1.54. The molecule has 1 aromatic carbocycles. The molecule has 0 spiro atoms. The Morgan fingerprint density at radius 1 is 1.22 bits per heavy atom. The quantitative estimate of drug-likeness (QED) is 0.656. The van der Waals surface area contributed by atoms with E-state index < -0.39 is 0 Å². The lowest BCUT2D eigenvalue weighted by atomic mass is 10.1. The van der Waals surface area contributed by atoms with Gasteiger partial charge >= 0.3 is 5.63 Å². The van der Waals surface area contributed by atoms with Crippen molar-refractivity contribution >= 4 is 10.9 Å². The topological polar surface area (TPSA) is 48.0 Å². The summed E-state index contributed by atoms with van der Waals surface area (Å²) in [5.41, 5.74) is 2.03. The van der Waals surface area contributed by atoms with Crippen LogP contribution in [-0.4, -0.2) is 9.78 Å². The Labute approximate surface area is 103 Å². The minimum atomic E-state index is -0.336. The Morgan fingerprint density at radius 2 is 1.94 bits per heavy atom. The minimum Gasteiger partial charge on any atom is -0.422 e. The molecule has 2 heterocycles. The smallest absolute Gasteiger partial charge is 0.347 e. The highest BCUT2D eigenvalue weighted by molar-refractivity contribution is 5.82. The first-order chi connectivity index (χ1) is 8.66. The molecule has 0 atom stereocenters. The molecule has 0 fully saturated rings. The number of benzene rings is 1. The molecule has 0 radical (unpaired) electrons. The molecule has 3 rings (SSSR count). The second kappa shape index (κ2) is 3.84. The monoisotopic (exact) mass is 240 g/mol. The fraction of sp³-hybridized carbons (Fsp3) is 0.143. The molecule has 4 nitrogen and oxygen atoms in total. The van der Waals surface area contributed by atoms with E-state index in [1.54, 1.807) is 10.7 Å². The van der Waals surface area contributed by atoms with Gasteiger partial charge in [-0.05, 0) is 6.92 Å². The molecule has 0 saturated carbocycles. The number of fused-ring (bicyclic) bond motifs is 1. The van der Waals surface area contributed by atoms with Crippen LogP contribution in [0.5, 0.6) is 0 Å². The summed E-state index contributed by atoms with van der Waals surface area (Å²) in [6.45, 7) is 1.86. The maximum atomic E-state index is 12.0. The highest BCUT2D eigenvalue weighted by Gasteiger charge is 2.12. The SMILES string of the molecule is Cc1c2c(=O)oc(-c3ccccc3)cc2nn1C. The van der Waals surface area contributed by atoms with E-state index in [0.717, 1.165) is 11.3 Å². The Kier molecular flexibility index (Phi) is 2.30. The molecule has 3 aromatic rings. The molecular weight excluding hydrogens is 228 g/mol. The maximum Gasteiger partial charge on any atom is 0.347 e. The second-order valence-corrected chi connectivity index (χ2v) is 4.23. The summed E-state index contributed by atoms with van der Waals surface area (Å²) >= 11 is 0. The van der Waals surface area contributed by atoms with Crippen LogP contribution >= 0.6 is 0 Å². The summed E-state index contributed by atoms with van der Waals surface area (Å²) in [6, 6.07) is 11.3. The van der Waals surface area contributed by atoms with Crippen LogP contribution in [0.3, 0.4) is 0 Å². The van der Waals surface area contributed by atoms with Gasteiger partial charge in [-0.1, -0.05) is 30.3 Å². The van der Waals surface area contributed by atoms with E-state index in [0.29, 0.717) is 16.7 Å². The Bertz CT molecular complexity index is 770. The first-order valence-corrected chi connectivity index (χ1v) is 5.69. The van der Waals surface area contributed by atoms with Gasteiger partial charge < -0.3 is 4.42 Å². The van der Waals surface area contributed by atoms with E-state index in [-0.39, 0.29) is 5.63 Å². The third-order valence-electron chi connectivity index (χ3n) is 3.09. The van der Waals surface area contributed by atoms with Crippen LogP contribution in [-0.2, 0) is 7.05 Å². The van der Waals surface area contributed by atoms with Crippen molar-refractivity contribution in [3.63, 3.8) is 0 Å². The fourth-order valence-corrected chi connectivity index (χ4v) is 2.04. The molecule has 4 heteroatoms. The molecule has 0 aliphatic heterocycles. The molecule has 2 aromatic heterocycles. The van der Waals surface area contributed by atoms with Gasteiger partial charge in [0.15, 0.2) is 0 Å². The van der Waals surface area contributed by atoms with E-state index >= 15 is 0 Å². The number of aryl methyl sites for hydroxylation is 2. The van der Waals surface area contributed by atoms with E-state index in [1.807, 2.05) is 44.3 Å². The van der Waals surface area contributed by atoms with Crippen LogP contribution in [0.15, 0.2) is 45.6 Å². The third-order valence-corrected chi connectivity index (χ3v) is 3.09. The molecular formula is C14H12N2O2. The van der Waals surface area contributed by atoms with Crippen LogP contribution in [0.1, 0.15) is 5.69 Å². The van der Waals surface area contributed by atoms with Crippen molar-refractivity contribution in [2.45, 2.75) is 6.92 Å². The van der Waals surface area contributed by atoms with Crippen LogP contribution in [0.2, 0.25) is 0 Å². The lowest BCUT2D eigenvalue weighted by molar-refractivity contribution is 0.534. The molecule has 90 valence electrons. The van der Waals surface area contributed by atoms with Crippen molar-refractivity contribution in [2.75, 3.05) is 0 Å². The van der Waals surface area contributed by atoms with Crippen molar-refractivity contribution in [3.8, 4) is 11.3 Å². The van der Waals surface area contributed by atoms with Gasteiger partial charge in [-0.2, -0.15) is 5.10 Å². The number of hydrogen-bond donors (Lipinski definition) is 0. The van der Waals surface area contributed by atoms with Crippen molar-refractivity contribution < 1.29 is 4.42 Å². The van der Waals surface area contributed by atoms with Gasteiger partial charge in [0.25, 0.3) is 0 Å². The maximum absolute atomic E-state index is 12.0. The Balaban J connectivity index is 2.32. The molecule has 0 saturated heterocycles. The van der Waals surface area contributed by atoms with Crippen molar-refractivity contribution in [1.82, 2.24) is 9.78 Å². The van der Waals surface area contributed by atoms with Crippen LogP contribution in [0.25, 0.3) is 22.2 Å². The Morgan fingerprint density at radius 3 is 2.67 bits per heavy atom. The summed E-state index contributed by atoms with van der Waals surface area (Å²) in [6.07, 6.45) is 0. The van der Waals surface area contributed by atoms with Gasteiger partial charge in [0, 0.05) is 18.7 Å². The zero-order valence-corrected chi connectivity index (χ0v) is 10.2. The molecule has 0 unspecified atom stereocenters. The zero-order chi connectivity index (χ0) is 12.7. The number of rotatable bonds is 1. The molecule has 0 bridgehead atoms. The molecule has 0 aliphatic carbocycles. The van der Waals surface area contributed by atoms with Crippen molar-refractivity contribution in [3.05, 3.63) is 52.5 Å². The summed E-state index contributed by atoms with van der Waals surface area (Å²) in [5, 5.41) is 4.87. The lowest BCUT2D eigenvalue weighted by Crippen LogP contribution is -2.01.